The van der Waals surface area contributed by atoms with Crippen molar-refractivity contribution < 1.29 is 19.7 Å². The monoisotopic (exact) mass is 905 g/mol. The summed E-state index contributed by atoms with van der Waals surface area (Å²) in [7, 11) is 0. The van der Waals surface area contributed by atoms with Crippen molar-refractivity contribution in [1.29, 1.82) is 0 Å². The lowest BCUT2D eigenvalue weighted by Gasteiger charge is -2.34. The largest absolute Gasteiger partial charge is 0.463 e. The van der Waals surface area contributed by atoms with Crippen LogP contribution in [0.4, 0.5) is 0 Å². The van der Waals surface area contributed by atoms with Gasteiger partial charge in [0, 0.05) is 0 Å². The molecule has 64 heavy (non-hydrogen) atoms. The Morgan fingerprint density at radius 1 is 0.344 bits per heavy atom. The molecule has 1 atom stereocenters. The standard InChI is InChI=1S/C60H120O4/c1-4-7-10-13-16-19-22-25-28-31-34-37-40-43-46-49-52-60(55-59(63)64-57-58(62)56-61,53-50-47-44-41-38-35-32-29-26-23-20-17-14-11-8-5-2)54-51-48-45-42-39-36-33-30-27-24-21-18-15-12-9-6-3/h58,61-62H,4-57H2,1-3H3. The van der Waals surface area contributed by atoms with Crippen molar-refractivity contribution in [3.8, 4) is 0 Å². The third-order valence-electron chi connectivity index (χ3n) is 14.8. The van der Waals surface area contributed by atoms with E-state index in [-0.39, 0.29) is 24.6 Å². The average Bonchev–Trinajstić information content (AvgIpc) is 3.30. The van der Waals surface area contributed by atoms with E-state index in [0.717, 1.165) is 19.3 Å². The third-order valence-corrected chi connectivity index (χ3v) is 14.8. The summed E-state index contributed by atoms with van der Waals surface area (Å²) in [5, 5.41) is 19.3. The van der Waals surface area contributed by atoms with Gasteiger partial charge in [0.05, 0.1) is 13.0 Å². The molecule has 0 heterocycles. The fourth-order valence-electron chi connectivity index (χ4n) is 10.4. The van der Waals surface area contributed by atoms with E-state index in [0.29, 0.717) is 6.42 Å². The first-order valence-electron chi connectivity index (χ1n) is 30.0. The quantitative estimate of drug-likeness (QED) is 0.0471. The zero-order valence-corrected chi connectivity index (χ0v) is 44.5. The molecule has 0 aliphatic rings. The van der Waals surface area contributed by atoms with E-state index in [2.05, 4.69) is 20.8 Å². The molecule has 4 heteroatoms. The smallest absolute Gasteiger partial charge is 0.306 e. The van der Waals surface area contributed by atoms with Crippen LogP contribution in [0.25, 0.3) is 0 Å². The van der Waals surface area contributed by atoms with E-state index in [9.17, 15) is 15.0 Å². The van der Waals surface area contributed by atoms with Gasteiger partial charge >= 0.3 is 5.97 Å². The average molecular weight is 906 g/mol. The van der Waals surface area contributed by atoms with E-state index >= 15 is 0 Å². The predicted octanol–water partition coefficient (Wildman–Crippen LogP) is 20.2. The Morgan fingerprint density at radius 3 is 0.719 bits per heavy atom. The lowest BCUT2D eigenvalue weighted by atomic mass is 9.71. The predicted molar refractivity (Wildman–Crippen MR) is 284 cm³/mol. The number of aliphatic hydroxyl groups excluding tert-OH is 2. The molecule has 0 saturated heterocycles. The molecule has 0 aromatic rings. The van der Waals surface area contributed by atoms with Gasteiger partial charge in [-0.25, -0.2) is 0 Å². The van der Waals surface area contributed by atoms with Crippen LogP contribution in [0.1, 0.15) is 355 Å². The van der Waals surface area contributed by atoms with Gasteiger partial charge in [-0.1, -0.05) is 329 Å². The van der Waals surface area contributed by atoms with Gasteiger partial charge in [0.15, 0.2) is 0 Å². The fourth-order valence-corrected chi connectivity index (χ4v) is 10.4. The first-order chi connectivity index (χ1) is 31.5. The summed E-state index contributed by atoms with van der Waals surface area (Å²) < 4.78 is 5.60. The maximum absolute atomic E-state index is 13.4. The Balaban J connectivity index is 4.84. The van der Waals surface area contributed by atoms with Crippen LogP contribution < -0.4 is 0 Å². The molecule has 0 saturated carbocycles. The molecule has 0 bridgehead atoms. The van der Waals surface area contributed by atoms with Crippen LogP contribution in [-0.2, 0) is 9.53 Å². The molecule has 0 radical (unpaired) electrons. The molecule has 0 amide bonds. The fraction of sp³-hybridized carbons (Fsp3) is 0.983. The van der Waals surface area contributed by atoms with Gasteiger partial charge in [-0.2, -0.15) is 0 Å². The summed E-state index contributed by atoms with van der Waals surface area (Å²) in [4.78, 5) is 13.4. The van der Waals surface area contributed by atoms with Crippen molar-refractivity contribution in [3.63, 3.8) is 0 Å². The number of aliphatic hydroxyl groups is 2. The summed E-state index contributed by atoms with van der Waals surface area (Å²) in [6.07, 6.45) is 69.2. The van der Waals surface area contributed by atoms with Gasteiger partial charge in [-0.05, 0) is 24.7 Å². The molecular weight excluding hydrogens is 785 g/mol. The number of hydrogen-bond donors (Lipinski definition) is 2. The molecule has 0 spiro atoms. The second-order valence-corrected chi connectivity index (χ2v) is 21.4. The van der Waals surface area contributed by atoms with Crippen molar-refractivity contribution in [1.82, 2.24) is 0 Å². The molecule has 2 N–H and O–H groups in total. The Bertz CT molecular complexity index is 785. The van der Waals surface area contributed by atoms with Crippen LogP contribution in [0.2, 0.25) is 0 Å². The summed E-state index contributed by atoms with van der Waals surface area (Å²) in [6, 6.07) is 0. The van der Waals surface area contributed by atoms with Gasteiger partial charge in [0.25, 0.3) is 0 Å². The Morgan fingerprint density at radius 2 is 0.531 bits per heavy atom. The Kier molecular flexibility index (Phi) is 52.8. The van der Waals surface area contributed by atoms with Crippen molar-refractivity contribution >= 4 is 5.97 Å². The van der Waals surface area contributed by atoms with E-state index in [1.165, 1.54) is 308 Å². The van der Waals surface area contributed by atoms with Crippen molar-refractivity contribution in [3.05, 3.63) is 0 Å². The lowest BCUT2D eigenvalue weighted by Crippen LogP contribution is -2.29. The molecule has 0 aromatic heterocycles. The Labute approximate surface area is 403 Å². The summed E-state index contributed by atoms with van der Waals surface area (Å²) in [5.74, 6) is -0.169. The first kappa shape index (κ1) is 63.4. The number of carbonyl (C=O) groups excluding carboxylic acids is 1. The molecule has 0 aliphatic heterocycles. The molecule has 0 rings (SSSR count). The SMILES string of the molecule is CCCCCCCCCCCCCCCCCCC(CCCCCCCCCCCCCCCCCC)(CCCCCCCCCCCCCCCCCC)CC(=O)OCC(O)CO. The van der Waals surface area contributed by atoms with Crippen LogP contribution in [-0.4, -0.2) is 35.5 Å². The van der Waals surface area contributed by atoms with E-state index in [1.807, 2.05) is 0 Å². The molecule has 0 aliphatic carbocycles. The maximum atomic E-state index is 13.4. The first-order valence-corrected chi connectivity index (χ1v) is 30.0. The molecule has 0 aromatic carbocycles. The van der Waals surface area contributed by atoms with Gasteiger partial charge < -0.3 is 14.9 Å². The lowest BCUT2D eigenvalue weighted by molar-refractivity contribution is -0.150. The van der Waals surface area contributed by atoms with E-state index in [1.54, 1.807) is 0 Å². The van der Waals surface area contributed by atoms with Crippen LogP contribution in [0.15, 0.2) is 0 Å². The number of unbranched alkanes of at least 4 members (excludes halogenated alkanes) is 45. The molecular formula is C60H120O4. The van der Waals surface area contributed by atoms with Crippen molar-refractivity contribution in [2.45, 2.75) is 361 Å². The number of hydrogen-bond acceptors (Lipinski definition) is 4. The molecule has 1 unspecified atom stereocenters. The number of carbonyl (C=O) groups is 1. The van der Waals surface area contributed by atoms with Gasteiger partial charge in [0.1, 0.15) is 12.7 Å². The highest BCUT2D eigenvalue weighted by Crippen LogP contribution is 2.41. The minimum absolute atomic E-state index is 0.00323. The molecule has 0 fully saturated rings. The minimum Gasteiger partial charge on any atom is -0.463 e. The van der Waals surface area contributed by atoms with E-state index in [4.69, 9.17) is 4.74 Å². The highest BCUT2D eigenvalue weighted by molar-refractivity contribution is 5.70. The minimum atomic E-state index is -0.987. The van der Waals surface area contributed by atoms with Crippen molar-refractivity contribution in [2.75, 3.05) is 13.2 Å². The third kappa shape index (κ3) is 47.9. The zero-order chi connectivity index (χ0) is 46.5. The topological polar surface area (TPSA) is 66.8 Å². The van der Waals surface area contributed by atoms with Gasteiger partial charge in [0.2, 0.25) is 0 Å². The molecule has 384 valence electrons. The summed E-state index contributed by atoms with van der Waals surface area (Å²) >= 11 is 0. The van der Waals surface area contributed by atoms with E-state index < -0.39 is 6.10 Å². The molecule has 4 nitrogen and oxygen atoms in total. The number of ether oxygens (including phenoxy) is 1. The van der Waals surface area contributed by atoms with Crippen LogP contribution in [0, 0.1) is 5.41 Å². The van der Waals surface area contributed by atoms with Crippen LogP contribution in [0.3, 0.4) is 0 Å². The normalized spacial score (nSPS) is 12.4. The highest BCUT2D eigenvalue weighted by atomic mass is 16.5. The summed E-state index contributed by atoms with van der Waals surface area (Å²) in [6.45, 7) is 6.44. The van der Waals surface area contributed by atoms with Gasteiger partial charge in [-0.15, -0.1) is 0 Å². The number of rotatable bonds is 56. The Hall–Kier alpha value is -0.610. The zero-order valence-electron chi connectivity index (χ0n) is 44.5. The second kappa shape index (κ2) is 53.3. The highest BCUT2D eigenvalue weighted by Gasteiger charge is 2.32. The second-order valence-electron chi connectivity index (χ2n) is 21.4. The maximum Gasteiger partial charge on any atom is 0.306 e. The van der Waals surface area contributed by atoms with Crippen LogP contribution in [0.5, 0.6) is 0 Å². The number of esters is 1. The van der Waals surface area contributed by atoms with Crippen LogP contribution >= 0.6 is 0 Å². The van der Waals surface area contributed by atoms with Crippen molar-refractivity contribution in [2.24, 2.45) is 5.41 Å². The summed E-state index contributed by atoms with van der Waals surface area (Å²) in [5.41, 5.74) is 0.00323. The van der Waals surface area contributed by atoms with Gasteiger partial charge in [-0.3, -0.25) is 4.79 Å².